The van der Waals surface area contributed by atoms with Crippen molar-refractivity contribution in [1.82, 2.24) is 9.97 Å². The van der Waals surface area contributed by atoms with E-state index in [1.807, 2.05) is 42.6 Å². The minimum atomic E-state index is 0.522. The van der Waals surface area contributed by atoms with Crippen molar-refractivity contribution in [3.8, 4) is 6.07 Å². The van der Waals surface area contributed by atoms with Gasteiger partial charge in [-0.1, -0.05) is 6.07 Å². The van der Waals surface area contributed by atoms with E-state index in [4.69, 9.17) is 0 Å². The molecule has 3 rings (SSSR count). The fourth-order valence-corrected chi connectivity index (χ4v) is 2.76. The second kappa shape index (κ2) is 5.73. The average molecular weight is 292 g/mol. The number of benzene rings is 1. The molecule has 1 aromatic carbocycles. The predicted molar refractivity (Wildman–Crippen MR) is 85.8 cm³/mol. The summed E-state index contributed by atoms with van der Waals surface area (Å²) in [4.78, 5) is 8.65. The van der Waals surface area contributed by atoms with E-state index < -0.39 is 0 Å². The van der Waals surface area contributed by atoms with Gasteiger partial charge in [0.2, 0.25) is 0 Å². The maximum atomic E-state index is 9.28. The third-order valence-corrected chi connectivity index (χ3v) is 3.98. The molecule has 1 N–H and O–H groups in total. The lowest BCUT2D eigenvalue weighted by Gasteiger charge is -2.05. The lowest BCUT2D eigenvalue weighted by atomic mass is 10.2. The van der Waals surface area contributed by atoms with Crippen molar-refractivity contribution in [1.29, 1.82) is 5.26 Å². The van der Waals surface area contributed by atoms with Crippen LogP contribution in [0.15, 0.2) is 48.1 Å². The Labute approximate surface area is 126 Å². The summed E-state index contributed by atoms with van der Waals surface area (Å²) in [5.74, 6) is 0. The van der Waals surface area contributed by atoms with Crippen molar-refractivity contribution >= 4 is 33.5 Å². The number of rotatable bonds is 3. The summed E-state index contributed by atoms with van der Waals surface area (Å²) in [6.07, 6.45) is 3.46. The van der Waals surface area contributed by atoms with Gasteiger partial charge in [0, 0.05) is 34.5 Å². The normalized spacial score (nSPS) is 11.3. The number of nitrogens with one attached hydrogen (secondary N) is 1. The molecule has 5 heteroatoms. The number of thiazole rings is 1. The number of hydrogen-bond donors (Lipinski definition) is 1. The molecule has 3 aromatic rings. The first-order valence-corrected chi connectivity index (χ1v) is 7.29. The molecule has 2 aromatic heterocycles. The van der Waals surface area contributed by atoms with Crippen LogP contribution >= 0.6 is 11.3 Å². The molecule has 0 aliphatic heterocycles. The van der Waals surface area contributed by atoms with E-state index in [1.54, 1.807) is 12.4 Å². The highest BCUT2D eigenvalue weighted by Gasteiger charge is 2.06. The summed E-state index contributed by atoms with van der Waals surface area (Å²) in [5.41, 5.74) is 3.28. The van der Waals surface area contributed by atoms with Crippen LogP contribution in [0.1, 0.15) is 10.7 Å². The van der Waals surface area contributed by atoms with Crippen LogP contribution in [-0.2, 0) is 0 Å². The molecule has 0 fully saturated rings. The largest absolute Gasteiger partial charge is 0.360 e. The molecule has 0 aliphatic rings. The monoisotopic (exact) mass is 292 g/mol. The predicted octanol–water partition coefficient (Wildman–Crippen LogP) is 3.98. The van der Waals surface area contributed by atoms with Gasteiger partial charge in [-0.15, -0.1) is 11.3 Å². The molecule has 2 heterocycles. The second-order valence-electron chi connectivity index (χ2n) is 4.48. The smallest absolute Gasteiger partial charge is 0.135 e. The molecule has 0 bridgehead atoms. The van der Waals surface area contributed by atoms with Gasteiger partial charge in [-0.3, -0.25) is 4.98 Å². The first kappa shape index (κ1) is 13.3. The summed E-state index contributed by atoms with van der Waals surface area (Å²) in [6.45, 7) is 1.92. The molecule has 0 amide bonds. The third kappa shape index (κ3) is 2.76. The van der Waals surface area contributed by atoms with Gasteiger partial charge in [0.05, 0.1) is 5.52 Å². The van der Waals surface area contributed by atoms with Crippen molar-refractivity contribution in [2.45, 2.75) is 6.92 Å². The van der Waals surface area contributed by atoms with E-state index in [0.29, 0.717) is 5.57 Å². The zero-order valence-electron chi connectivity index (χ0n) is 11.4. The van der Waals surface area contributed by atoms with Gasteiger partial charge < -0.3 is 5.32 Å². The van der Waals surface area contributed by atoms with Crippen LogP contribution < -0.4 is 5.32 Å². The molecule has 0 atom stereocenters. The van der Waals surface area contributed by atoms with Crippen LogP contribution in [0.2, 0.25) is 0 Å². The van der Waals surface area contributed by atoms with Gasteiger partial charge in [-0.05, 0) is 31.2 Å². The molecule has 0 spiro atoms. The number of pyridine rings is 1. The minimum Gasteiger partial charge on any atom is -0.360 e. The Morgan fingerprint density at radius 1 is 1.33 bits per heavy atom. The standard InChI is InChI=1S/C16H12N4S/c1-11-10-21-16(20-11)12(8-17)9-19-15-6-2-5-14-13(15)4-3-7-18-14/h2-7,9-10,19H,1H3/b12-9+. The number of aryl methyl sites for hydroxylation is 1. The third-order valence-electron chi connectivity index (χ3n) is 2.99. The summed E-state index contributed by atoms with van der Waals surface area (Å²) in [5, 5.41) is 16.1. The van der Waals surface area contributed by atoms with Crippen LogP contribution in [-0.4, -0.2) is 9.97 Å². The maximum Gasteiger partial charge on any atom is 0.135 e. The Hall–Kier alpha value is -2.71. The van der Waals surface area contributed by atoms with E-state index in [9.17, 15) is 5.26 Å². The fourth-order valence-electron chi connectivity index (χ4n) is 2.00. The highest BCUT2D eigenvalue weighted by molar-refractivity contribution is 7.10. The Balaban J connectivity index is 1.95. The van der Waals surface area contributed by atoms with Gasteiger partial charge in [-0.25, -0.2) is 4.98 Å². The maximum absolute atomic E-state index is 9.28. The van der Waals surface area contributed by atoms with Gasteiger partial charge in [0.1, 0.15) is 16.6 Å². The molecule has 0 unspecified atom stereocenters. The number of hydrogen-bond acceptors (Lipinski definition) is 5. The summed E-state index contributed by atoms with van der Waals surface area (Å²) < 4.78 is 0. The van der Waals surface area contributed by atoms with E-state index in [0.717, 1.165) is 27.3 Å². The average Bonchev–Trinajstić information content (AvgIpc) is 2.94. The van der Waals surface area contributed by atoms with Crippen LogP contribution in [0.3, 0.4) is 0 Å². The van der Waals surface area contributed by atoms with E-state index in [1.165, 1.54) is 11.3 Å². The summed E-state index contributed by atoms with van der Waals surface area (Å²) in [6, 6.07) is 11.9. The van der Waals surface area contributed by atoms with Crippen LogP contribution in [0.5, 0.6) is 0 Å². The number of nitrogens with zero attached hydrogens (tertiary/aromatic N) is 3. The van der Waals surface area contributed by atoms with Crippen LogP contribution in [0.4, 0.5) is 5.69 Å². The van der Waals surface area contributed by atoms with Crippen LogP contribution in [0.25, 0.3) is 16.5 Å². The molecule has 0 radical (unpaired) electrons. The highest BCUT2D eigenvalue weighted by atomic mass is 32.1. The molecular formula is C16H12N4S. The fraction of sp³-hybridized carbons (Fsp3) is 0.0625. The highest BCUT2D eigenvalue weighted by Crippen LogP contribution is 2.23. The van der Waals surface area contributed by atoms with Crippen molar-refractivity contribution in [3.05, 3.63) is 58.8 Å². The topological polar surface area (TPSA) is 61.6 Å². The van der Waals surface area contributed by atoms with Gasteiger partial charge >= 0.3 is 0 Å². The summed E-state index contributed by atoms with van der Waals surface area (Å²) in [7, 11) is 0. The Morgan fingerprint density at radius 3 is 3.00 bits per heavy atom. The number of nitriles is 1. The minimum absolute atomic E-state index is 0.522. The van der Waals surface area contributed by atoms with Crippen molar-refractivity contribution in [2.24, 2.45) is 0 Å². The molecule has 102 valence electrons. The van der Waals surface area contributed by atoms with Crippen molar-refractivity contribution in [2.75, 3.05) is 5.32 Å². The summed E-state index contributed by atoms with van der Waals surface area (Å²) >= 11 is 1.47. The van der Waals surface area contributed by atoms with Crippen molar-refractivity contribution in [3.63, 3.8) is 0 Å². The van der Waals surface area contributed by atoms with Gasteiger partial charge in [0.25, 0.3) is 0 Å². The van der Waals surface area contributed by atoms with E-state index in [-0.39, 0.29) is 0 Å². The molecule has 0 saturated carbocycles. The van der Waals surface area contributed by atoms with Crippen LogP contribution in [0, 0.1) is 18.3 Å². The quantitative estimate of drug-likeness (QED) is 0.742. The first-order chi connectivity index (χ1) is 10.3. The van der Waals surface area contributed by atoms with E-state index in [2.05, 4.69) is 21.4 Å². The molecule has 4 nitrogen and oxygen atoms in total. The zero-order chi connectivity index (χ0) is 14.7. The Kier molecular flexibility index (Phi) is 3.63. The number of anilines is 1. The van der Waals surface area contributed by atoms with Gasteiger partial charge in [0.15, 0.2) is 0 Å². The van der Waals surface area contributed by atoms with E-state index >= 15 is 0 Å². The lowest BCUT2D eigenvalue weighted by molar-refractivity contribution is 1.24. The zero-order valence-corrected chi connectivity index (χ0v) is 12.2. The number of aromatic nitrogens is 2. The Morgan fingerprint density at radius 2 is 2.24 bits per heavy atom. The molecule has 0 saturated heterocycles. The molecule has 0 aliphatic carbocycles. The first-order valence-electron chi connectivity index (χ1n) is 6.41. The SMILES string of the molecule is Cc1csc(/C(C#N)=C/Nc2cccc3ncccc23)n1. The molecule has 21 heavy (non-hydrogen) atoms. The second-order valence-corrected chi connectivity index (χ2v) is 5.34. The Bertz CT molecular complexity index is 853. The van der Waals surface area contributed by atoms with Crippen molar-refractivity contribution < 1.29 is 0 Å². The molecular weight excluding hydrogens is 280 g/mol. The van der Waals surface area contributed by atoms with Gasteiger partial charge in [-0.2, -0.15) is 5.26 Å². The lowest BCUT2D eigenvalue weighted by Crippen LogP contribution is -1.92. The number of allylic oxidation sites excluding steroid dienone is 1. The number of fused-ring (bicyclic) bond motifs is 1.